The van der Waals surface area contributed by atoms with Crippen LogP contribution in [-0.4, -0.2) is 72.5 Å². The Labute approximate surface area is 200 Å². The molecular weight excluding hydrogens is 454 g/mol. The SMILES string of the molecule is C[SiH](C)O[C@]1(C(C)(C)C)[C@H](O)[C@@H](COC(C)(C)C)O[C@]1(n1cnc2c(N)ncnc21)[SiH](C)C. The van der Waals surface area contributed by atoms with Crippen molar-refractivity contribution < 1.29 is 19.0 Å². The second-order valence-electron chi connectivity index (χ2n) is 11.6. The second kappa shape index (κ2) is 8.69. The maximum Gasteiger partial charge on any atom is 0.172 e. The first-order chi connectivity index (χ1) is 15.1. The number of hydrogen-bond acceptors (Lipinski definition) is 8. The number of nitrogens with two attached hydrogens (primary N) is 1. The van der Waals surface area contributed by atoms with E-state index in [1.54, 1.807) is 6.33 Å². The molecule has 4 atom stereocenters. The van der Waals surface area contributed by atoms with Gasteiger partial charge in [0.2, 0.25) is 0 Å². The normalized spacial score (nSPS) is 29.0. The van der Waals surface area contributed by atoms with Gasteiger partial charge >= 0.3 is 0 Å². The first-order valence-corrected chi connectivity index (χ1v) is 17.4. The lowest BCUT2D eigenvalue weighted by Crippen LogP contribution is -2.71. The summed E-state index contributed by atoms with van der Waals surface area (Å²) in [4.78, 5) is 13.2. The minimum Gasteiger partial charge on any atom is -0.408 e. The summed E-state index contributed by atoms with van der Waals surface area (Å²) in [5.74, 6) is 0.311. The molecule has 2 aromatic heterocycles. The van der Waals surface area contributed by atoms with Crippen molar-refractivity contribution in [3.05, 3.63) is 12.7 Å². The highest BCUT2D eigenvalue weighted by molar-refractivity contribution is 6.59. The smallest absolute Gasteiger partial charge is 0.172 e. The van der Waals surface area contributed by atoms with Crippen molar-refractivity contribution in [2.75, 3.05) is 12.3 Å². The topological polar surface area (TPSA) is 118 Å². The van der Waals surface area contributed by atoms with E-state index in [1.165, 1.54) is 6.33 Å². The molecule has 0 bridgehead atoms. The first-order valence-electron chi connectivity index (χ1n) is 11.7. The minimum atomic E-state index is -1.82. The van der Waals surface area contributed by atoms with Crippen molar-refractivity contribution in [3.63, 3.8) is 0 Å². The van der Waals surface area contributed by atoms with E-state index in [9.17, 15) is 5.11 Å². The number of nitrogen functional groups attached to an aromatic ring is 1. The van der Waals surface area contributed by atoms with Gasteiger partial charge in [0, 0.05) is 0 Å². The molecule has 9 nitrogen and oxygen atoms in total. The Kier molecular flexibility index (Phi) is 6.90. The molecule has 0 aliphatic carbocycles. The number of aromatic nitrogens is 4. The van der Waals surface area contributed by atoms with E-state index >= 15 is 0 Å². The number of rotatable bonds is 6. The van der Waals surface area contributed by atoms with Crippen LogP contribution in [0.25, 0.3) is 11.2 Å². The molecule has 3 heterocycles. The number of fused-ring (bicyclic) bond motifs is 1. The summed E-state index contributed by atoms with van der Waals surface area (Å²) in [5.41, 5.74) is 5.33. The van der Waals surface area contributed by atoms with Gasteiger partial charge in [-0.2, -0.15) is 0 Å². The molecule has 11 heteroatoms. The average Bonchev–Trinajstić information content (AvgIpc) is 3.19. The molecule has 2 aromatic rings. The van der Waals surface area contributed by atoms with Crippen LogP contribution in [0.1, 0.15) is 41.5 Å². The van der Waals surface area contributed by atoms with Gasteiger partial charge in [-0.25, -0.2) is 15.0 Å². The Morgan fingerprint density at radius 3 is 2.27 bits per heavy atom. The third kappa shape index (κ3) is 4.16. The molecule has 186 valence electrons. The van der Waals surface area contributed by atoms with Gasteiger partial charge in [0.15, 0.2) is 25.9 Å². The Morgan fingerprint density at radius 2 is 1.76 bits per heavy atom. The van der Waals surface area contributed by atoms with Crippen LogP contribution in [0.3, 0.4) is 0 Å². The monoisotopic (exact) mass is 495 g/mol. The number of nitrogens with zero attached hydrogens (tertiary/aromatic N) is 4. The summed E-state index contributed by atoms with van der Waals surface area (Å²) in [6, 6.07) is 0. The highest BCUT2D eigenvalue weighted by atomic mass is 28.3. The van der Waals surface area contributed by atoms with Crippen LogP contribution in [-0.2, 0) is 19.2 Å². The average molecular weight is 496 g/mol. The largest absolute Gasteiger partial charge is 0.408 e. The summed E-state index contributed by atoms with van der Waals surface area (Å²) in [7, 11) is -3.48. The molecule has 0 radical (unpaired) electrons. The number of aliphatic hydroxyl groups excluding tert-OH is 1. The van der Waals surface area contributed by atoms with E-state index in [0.29, 0.717) is 17.0 Å². The quantitative estimate of drug-likeness (QED) is 0.587. The summed E-state index contributed by atoms with van der Waals surface area (Å²) < 4.78 is 22.0. The van der Waals surface area contributed by atoms with Crippen molar-refractivity contribution in [3.8, 4) is 0 Å². The van der Waals surface area contributed by atoms with Crippen LogP contribution in [0, 0.1) is 5.41 Å². The lowest BCUT2D eigenvalue weighted by atomic mass is 9.71. The van der Waals surface area contributed by atoms with Crippen LogP contribution in [0.4, 0.5) is 5.82 Å². The predicted octanol–water partition coefficient (Wildman–Crippen LogP) is 2.45. The maximum atomic E-state index is 12.0. The van der Waals surface area contributed by atoms with Gasteiger partial charge in [0.1, 0.15) is 29.7 Å². The molecule has 0 saturated carbocycles. The number of aliphatic hydroxyl groups is 1. The number of hydrogen-bond donors (Lipinski definition) is 2. The van der Waals surface area contributed by atoms with Gasteiger partial charge in [-0.3, -0.25) is 4.57 Å². The van der Waals surface area contributed by atoms with E-state index in [1.807, 2.05) is 25.3 Å². The summed E-state index contributed by atoms with van der Waals surface area (Å²) in [5, 5.41) is 11.0. The highest BCUT2D eigenvalue weighted by Gasteiger charge is 2.73. The molecule has 33 heavy (non-hydrogen) atoms. The fourth-order valence-corrected chi connectivity index (χ4v) is 9.44. The van der Waals surface area contributed by atoms with E-state index in [0.717, 1.165) is 0 Å². The minimum absolute atomic E-state index is 0.248. The standard InChI is InChI=1S/C22H41N5O4Si2/c1-19(2,3)21(31-33(9)10)16(28)14(11-29-20(4,5)6)30-22(21,32(7)8)27-13-26-15-17(23)24-12-25-18(15)27/h12-14,16,28,32-33H,11H2,1-10H3,(H2,23,24,25)/t14-,16-,21+,22+/m1/s1. The van der Waals surface area contributed by atoms with Gasteiger partial charge in [0.05, 0.1) is 27.3 Å². The summed E-state index contributed by atoms with van der Waals surface area (Å²) in [6.07, 6.45) is 1.66. The predicted molar refractivity (Wildman–Crippen MR) is 135 cm³/mol. The van der Waals surface area contributed by atoms with Crippen molar-refractivity contribution in [2.24, 2.45) is 5.41 Å². The number of ether oxygens (including phenoxy) is 2. The van der Waals surface area contributed by atoms with E-state index < -0.39 is 46.4 Å². The van der Waals surface area contributed by atoms with E-state index in [-0.39, 0.29) is 12.2 Å². The van der Waals surface area contributed by atoms with Gasteiger partial charge in [-0.1, -0.05) is 33.9 Å². The van der Waals surface area contributed by atoms with Crippen LogP contribution >= 0.6 is 0 Å². The van der Waals surface area contributed by atoms with Crippen molar-refractivity contribution >= 4 is 34.8 Å². The van der Waals surface area contributed by atoms with Gasteiger partial charge in [0.25, 0.3) is 0 Å². The van der Waals surface area contributed by atoms with E-state index in [4.69, 9.17) is 19.6 Å². The van der Waals surface area contributed by atoms with Crippen LogP contribution < -0.4 is 5.73 Å². The van der Waals surface area contributed by atoms with Crippen LogP contribution in [0.15, 0.2) is 12.7 Å². The molecule has 0 spiro atoms. The molecule has 0 amide bonds. The second-order valence-corrected chi connectivity index (χ2v) is 17.0. The Morgan fingerprint density at radius 1 is 1.12 bits per heavy atom. The fourth-order valence-electron chi connectivity index (χ4n) is 5.17. The molecular formula is C22H41N5O4Si2. The van der Waals surface area contributed by atoms with Crippen LogP contribution in [0.2, 0.25) is 26.2 Å². The molecule has 1 fully saturated rings. The van der Waals surface area contributed by atoms with Crippen molar-refractivity contribution in [1.29, 1.82) is 0 Å². The zero-order valence-electron chi connectivity index (χ0n) is 21.7. The zero-order chi connectivity index (χ0) is 25.0. The van der Waals surface area contributed by atoms with Gasteiger partial charge in [-0.15, -0.1) is 0 Å². The highest BCUT2D eigenvalue weighted by Crippen LogP contribution is 2.57. The Balaban J connectivity index is 2.34. The molecule has 3 rings (SSSR count). The number of anilines is 1. The third-order valence-electron chi connectivity index (χ3n) is 6.35. The van der Waals surface area contributed by atoms with Crippen molar-refractivity contribution in [1.82, 2.24) is 19.5 Å². The zero-order valence-corrected chi connectivity index (χ0v) is 24.0. The van der Waals surface area contributed by atoms with Crippen molar-refractivity contribution in [2.45, 2.75) is 96.5 Å². The number of imidazole rings is 1. The summed E-state index contributed by atoms with van der Waals surface area (Å²) in [6.45, 7) is 21.2. The molecule has 1 saturated heterocycles. The maximum absolute atomic E-state index is 12.0. The first kappa shape index (κ1) is 26.2. The molecule has 0 aromatic carbocycles. The molecule has 3 N–H and O–H groups in total. The molecule has 1 aliphatic rings. The summed E-state index contributed by atoms with van der Waals surface area (Å²) >= 11 is 0. The van der Waals surface area contributed by atoms with Gasteiger partial charge in [-0.05, 0) is 39.3 Å². The van der Waals surface area contributed by atoms with Crippen LogP contribution in [0.5, 0.6) is 0 Å². The van der Waals surface area contributed by atoms with E-state index in [2.05, 4.69) is 61.9 Å². The molecule has 1 aliphatic heterocycles. The Bertz CT molecular complexity index is 987. The lowest BCUT2D eigenvalue weighted by molar-refractivity contribution is -0.182. The lowest BCUT2D eigenvalue weighted by Gasteiger charge is -2.56. The van der Waals surface area contributed by atoms with Gasteiger partial charge < -0.3 is 24.7 Å². The fraction of sp³-hybridized carbons (Fsp3) is 0.773. The Hall–Kier alpha value is -1.38. The third-order valence-corrected chi connectivity index (χ3v) is 9.60. The molecule has 0 unspecified atom stereocenters.